The summed E-state index contributed by atoms with van der Waals surface area (Å²) in [5.74, 6) is 0.0985. The third-order valence-electron chi connectivity index (χ3n) is 3.47. The molecule has 0 aromatic heterocycles. The van der Waals surface area contributed by atoms with Crippen molar-refractivity contribution in [3.05, 3.63) is 28.8 Å². The lowest BCUT2D eigenvalue weighted by Gasteiger charge is -2.31. The average molecular weight is 306 g/mol. The topological polar surface area (TPSA) is 46.5 Å². The summed E-state index contributed by atoms with van der Waals surface area (Å²) < 4.78 is 6.14. The Morgan fingerprint density at radius 1 is 1.05 bits per heavy atom. The highest BCUT2D eigenvalue weighted by Gasteiger charge is 2.28. The maximum absolute atomic E-state index is 11.1. The van der Waals surface area contributed by atoms with Crippen molar-refractivity contribution in [3.8, 4) is 5.75 Å². The van der Waals surface area contributed by atoms with Crippen molar-refractivity contribution in [1.82, 2.24) is 0 Å². The lowest BCUT2D eigenvalue weighted by atomic mass is 9.78. The number of rotatable bonds is 4. The standard InChI is InChI=1S/C19H30O3/c1-12(2)22-17-14(18(3,4)5)9-13(11-16(20)21)10-15(17)19(6,7)8/h9-10,12H,11H2,1-8H3,(H,20,21). The summed E-state index contributed by atoms with van der Waals surface area (Å²) in [6.07, 6.45) is 0.112. The van der Waals surface area contributed by atoms with Gasteiger partial charge in [0.05, 0.1) is 12.5 Å². The number of ether oxygens (including phenoxy) is 1. The van der Waals surface area contributed by atoms with Crippen LogP contribution in [0.3, 0.4) is 0 Å². The molecule has 0 atom stereocenters. The minimum atomic E-state index is -0.808. The van der Waals surface area contributed by atoms with Crippen molar-refractivity contribution in [3.63, 3.8) is 0 Å². The maximum Gasteiger partial charge on any atom is 0.307 e. The second kappa shape index (κ2) is 6.31. The molecule has 22 heavy (non-hydrogen) atoms. The molecule has 0 heterocycles. The van der Waals surface area contributed by atoms with Gasteiger partial charge in [-0.25, -0.2) is 0 Å². The summed E-state index contributed by atoms with van der Waals surface area (Å²) >= 11 is 0. The lowest BCUT2D eigenvalue weighted by Crippen LogP contribution is -2.22. The molecule has 1 rings (SSSR count). The molecule has 1 aromatic rings. The van der Waals surface area contributed by atoms with Gasteiger partial charge in [0.25, 0.3) is 0 Å². The number of hydrogen-bond acceptors (Lipinski definition) is 2. The molecule has 0 unspecified atom stereocenters. The van der Waals surface area contributed by atoms with Crippen LogP contribution in [-0.4, -0.2) is 17.2 Å². The van der Waals surface area contributed by atoms with E-state index in [2.05, 4.69) is 41.5 Å². The molecule has 0 saturated carbocycles. The molecule has 0 radical (unpaired) electrons. The monoisotopic (exact) mass is 306 g/mol. The van der Waals surface area contributed by atoms with Crippen LogP contribution in [0.15, 0.2) is 12.1 Å². The smallest absolute Gasteiger partial charge is 0.307 e. The van der Waals surface area contributed by atoms with E-state index in [-0.39, 0.29) is 23.4 Å². The number of hydrogen-bond donors (Lipinski definition) is 1. The summed E-state index contributed by atoms with van der Waals surface area (Å²) in [5.41, 5.74) is 2.76. The van der Waals surface area contributed by atoms with E-state index in [4.69, 9.17) is 9.84 Å². The van der Waals surface area contributed by atoms with Crippen LogP contribution in [0.2, 0.25) is 0 Å². The predicted octanol–water partition coefficient (Wildman–Crippen LogP) is 4.70. The molecule has 0 fully saturated rings. The Hall–Kier alpha value is -1.51. The normalized spacial score (nSPS) is 12.6. The lowest BCUT2D eigenvalue weighted by molar-refractivity contribution is -0.136. The molecule has 0 bridgehead atoms. The second-order valence-electron chi connectivity index (χ2n) is 8.26. The van der Waals surface area contributed by atoms with Gasteiger partial charge in [-0.1, -0.05) is 53.7 Å². The molecule has 0 amide bonds. The van der Waals surface area contributed by atoms with Gasteiger partial charge in [-0.05, 0) is 30.2 Å². The number of carbonyl (C=O) groups is 1. The Balaban J connectivity index is 3.65. The van der Waals surface area contributed by atoms with Gasteiger partial charge in [0.15, 0.2) is 0 Å². The fourth-order valence-corrected chi connectivity index (χ4v) is 2.44. The molecule has 1 aromatic carbocycles. The van der Waals surface area contributed by atoms with Crippen LogP contribution in [0.1, 0.15) is 72.1 Å². The van der Waals surface area contributed by atoms with Gasteiger partial charge in [-0.3, -0.25) is 4.79 Å². The number of benzene rings is 1. The van der Waals surface area contributed by atoms with Crippen molar-refractivity contribution < 1.29 is 14.6 Å². The summed E-state index contributed by atoms with van der Waals surface area (Å²) in [7, 11) is 0. The molecule has 0 saturated heterocycles. The van der Waals surface area contributed by atoms with Crippen molar-refractivity contribution in [2.45, 2.75) is 78.7 Å². The van der Waals surface area contributed by atoms with Crippen LogP contribution in [-0.2, 0) is 22.0 Å². The molecule has 3 heteroatoms. The van der Waals surface area contributed by atoms with Crippen molar-refractivity contribution in [2.24, 2.45) is 0 Å². The van der Waals surface area contributed by atoms with Gasteiger partial charge in [-0.15, -0.1) is 0 Å². The average Bonchev–Trinajstić information content (AvgIpc) is 2.26. The van der Waals surface area contributed by atoms with E-state index in [9.17, 15) is 4.79 Å². The number of carboxylic acids is 1. The van der Waals surface area contributed by atoms with Crippen molar-refractivity contribution in [2.75, 3.05) is 0 Å². The maximum atomic E-state index is 11.1. The molecule has 0 aliphatic heterocycles. The Bertz CT molecular complexity index is 508. The van der Waals surface area contributed by atoms with Gasteiger partial charge in [0.2, 0.25) is 0 Å². The zero-order chi connectivity index (χ0) is 17.3. The highest BCUT2D eigenvalue weighted by atomic mass is 16.5. The van der Waals surface area contributed by atoms with Gasteiger partial charge in [-0.2, -0.15) is 0 Å². The van der Waals surface area contributed by atoms with Crippen LogP contribution >= 0.6 is 0 Å². The number of carboxylic acid groups (broad SMARTS) is 1. The van der Waals surface area contributed by atoms with Crippen LogP contribution in [0.5, 0.6) is 5.75 Å². The van der Waals surface area contributed by atoms with Crippen LogP contribution in [0.25, 0.3) is 0 Å². The first-order valence-electron chi connectivity index (χ1n) is 7.88. The Labute approximate surface area is 134 Å². The molecule has 1 N–H and O–H groups in total. The Morgan fingerprint density at radius 3 is 1.73 bits per heavy atom. The zero-order valence-electron chi connectivity index (χ0n) is 15.2. The van der Waals surface area contributed by atoms with Crippen molar-refractivity contribution in [1.29, 1.82) is 0 Å². The van der Waals surface area contributed by atoms with Gasteiger partial charge in [0, 0.05) is 11.1 Å². The van der Waals surface area contributed by atoms with E-state index in [0.717, 1.165) is 22.4 Å². The van der Waals surface area contributed by atoms with E-state index >= 15 is 0 Å². The molecule has 0 spiro atoms. The third-order valence-corrected chi connectivity index (χ3v) is 3.47. The van der Waals surface area contributed by atoms with Gasteiger partial charge in [0.1, 0.15) is 5.75 Å². The summed E-state index contributed by atoms with van der Waals surface area (Å²) in [5, 5.41) is 9.14. The first kappa shape index (κ1) is 18.5. The Kier molecular flexibility index (Phi) is 5.32. The molecule has 3 nitrogen and oxygen atoms in total. The Morgan fingerprint density at radius 2 is 1.45 bits per heavy atom. The fraction of sp³-hybridized carbons (Fsp3) is 0.632. The second-order valence-corrected chi connectivity index (χ2v) is 8.26. The van der Waals surface area contributed by atoms with E-state index in [1.807, 2.05) is 26.0 Å². The summed E-state index contributed by atoms with van der Waals surface area (Å²) in [6, 6.07) is 3.97. The SMILES string of the molecule is CC(C)Oc1c(C(C)(C)C)cc(CC(=O)O)cc1C(C)(C)C. The largest absolute Gasteiger partial charge is 0.490 e. The molecule has 0 aliphatic carbocycles. The van der Waals surface area contributed by atoms with E-state index in [1.165, 1.54) is 0 Å². The van der Waals surface area contributed by atoms with E-state index in [0.29, 0.717) is 0 Å². The third kappa shape index (κ3) is 4.75. The fourth-order valence-electron chi connectivity index (χ4n) is 2.44. The van der Waals surface area contributed by atoms with E-state index in [1.54, 1.807) is 0 Å². The summed E-state index contributed by atoms with van der Waals surface area (Å²) in [4.78, 5) is 11.1. The molecule has 124 valence electrons. The summed E-state index contributed by atoms with van der Waals surface area (Å²) in [6.45, 7) is 16.8. The molecular weight excluding hydrogens is 276 g/mol. The van der Waals surface area contributed by atoms with Gasteiger partial charge < -0.3 is 9.84 Å². The quantitative estimate of drug-likeness (QED) is 0.877. The zero-order valence-corrected chi connectivity index (χ0v) is 15.2. The van der Waals surface area contributed by atoms with Crippen molar-refractivity contribution >= 4 is 5.97 Å². The van der Waals surface area contributed by atoms with Crippen LogP contribution in [0, 0.1) is 0 Å². The van der Waals surface area contributed by atoms with Gasteiger partial charge >= 0.3 is 5.97 Å². The number of aliphatic carboxylic acids is 1. The minimum absolute atomic E-state index is 0.0358. The van der Waals surface area contributed by atoms with E-state index < -0.39 is 5.97 Å². The predicted molar refractivity (Wildman–Crippen MR) is 90.9 cm³/mol. The highest BCUT2D eigenvalue weighted by Crippen LogP contribution is 2.41. The minimum Gasteiger partial charge on any atom is -0.490 e. The highest BCUT2D eigenvalue weighted by molar-refractivity contribution is 5.71. The van der Waals surface area contributed by atoms with Crippen LogP contribution < -0.4 is 4.74 Å². The first-order chi connectivity index (χ1) is 9.82. The molecule has 0 aliphatic rings. The molecular formula is C19H30O3. The first-order valence-corrected chi connectivity index (χ1v) is 7.88. The van der Waals surface area contributed by atoms with Crippen LogP contribution in [0.4, 0.5) is 0 Å².